The molecule has 0 radical (unpaired) electrons. The zero-order valence-corrected chi connectivity index (χ0v) is 12.8. The molecule has 0 aromatic heterocycles. The number of hydrogen-bond donors (Lipinski definition) is 1. The van der Waals surface area contributed by atoms with Crippen molar-refractivity contribution < 1.29 is 4.74 Å². The average molecular weight is 264 g/mol. The maximum Gasteiger partial charge on any atom is 0.0637 e. The minimum absolute atomic E-state index is 0.771. The molecule has 0 unspecified atom stereocenters. The Labute approximate surface area is 118 Å². The molecule has 0 aliphatic rings. The molecule has 1 rings (SSSR count). The first kappa shape index (κ1) is 16.0. The van der Waals surface area contributed by atoms with Gasteiger partial charge in [-0.3, -0.25) is 0 Å². The normalized spacial score (nSPS) is 10.7. The number of anilines is 1. The first-order valence-corrected chi connectivity index (χ1v) is 7.27. The molecule has 3 heteroatoms. The van der Waals surface area contributed by atoms with Crippen LogP contribution in [0.2, 0.25) is 0 Å². The van der Waals surface area contributed by atoms with Gasteiger partial charge in [-0.2, -0.15) is 0 Å². The van der Waals surface area contributed by atoms with Crippen molar-refractivity contribution >= 4 is 5.69 Å². The predicted octanol–water partition coefficient (Wildman–Crippen LogP) is 2.97. The molecule has 0 aliphatic heterocycles. The third-order valence-corrected chi connectivity index (χ3v) is 3.38. The lowest BCUT2D eigenvalue weighted by molar-refractivity contribution is 0.205. The van der Waals surface area contributed by atoms with Gasteiger partial charge < -0.3 is 15.0 Å². The largest absolute Gasteiger partial charge is 0.383 e. The fraction of sp³-hybridized carbons (Fsp3) is 0.625. The zero-order chi connectivity index (χ0) is 14.1. The zero-order valence-electron chi connectivity index (χ0n) is 12.8. The highest BCUT2D eigenvalue weighted by atomic mass is 16.5. The quantitative estimate of drug-likeness (QED) is 0.694. The molecule has 1 aromatic rings. The van der Waals surface area contributed by atoms with Gasteiger partial charge in [0.1, 0.15) is 0 Å². The molecule has 1 N–H and O–H groups in total. The van der Waals surface area contributed by atoms with Gasteiger partial charge in [-0.15, -0.1) is 0 Å². The molecule has 0 fully saturated rings. The van der Waals surface area contributed by atoms with E-state index >= 15 is 0 Å². The van der Waals surface area contributed by atoms with Crippen LogP contribution in [0.5, 0.6) is 0 Å². The molecule has 3 nitrogen and oxygen atoms in total. The fourth-order valence-electron chi connectivity index (χ4n) is 2.15. The summed E-state index contributed by atoms with van der Waals surface area (Å²) in [4.78, 5) is 2.35. The molecule has 0 saturated carbocycles. The van der Waals surface area contributed by atoms with Crippen LogP contribution < -0.4 is 10.2 Å². The lowest BCUT2D eigenvalue weighted by Gasteiger charge is -2.23. The van der Waals surface area contributed by atoms with E-state index in [1.165, 1.54) is 23.2 Å². The topological polar surface area (TPSA) is 24.5 Å². The Morgan fingerprint density at radius 2 is 2.05 bits per heavy atom. The van der Waals surface area contributed by atoms with E-state index in [1.54, 1.807) is 7.11 Å². The maximum absolute atomic E-state index is 5.16. The van der Waals surface area contributed by atoms with E-state index in [9.17, 15) is 0 Å². The summed E-state index contributed by atoms with van der Waals surface area (Å²) in [7, 11) is 1.75. The van der Waals surface area contributed by atoms with Gasteiger partial charge in [0, 0.05) is 32.4 Å². The first-order valence-electron chi connectivity index (χ1n) is 7.27. The molecule has 1 aromatic carbocycles. The summed E-state index contributed by atoms with van der Waals surface area (Å²) in [5, 5.41) is 3.46. The maximum atomic E-state index is 5.16. The Morgan fingerprint density at radius 1 is 1.26 bits per heavy atom. The summed E-state index contributed by atoms with van der Waals surface area (Å²) in [5.74, 6) is 0. The van der Waals surface area contributed by atoms with Crippen molar-refractivity contribution in [3.63, 3.8) is 0 Å². The number of ether oxygens (including phenoxy) is 1. The molecular weight excluding hydrogens is 236 g/mol. The second-order valence-electron chi connectivity index (χ2n) is 4.86. The number of aryl methyl sites for hydroxylation is 1. The minimum atomic E-state index is 0.771. The third-order valence-electron chi connectivity index (χ3n) is 3.38. The molecule has 0 saturated heterocycles. The molecule has 19 heavy (non-hydrogen) atoms. The van der Waals surface area contributed by atoms with Crippen molar-refractivity contribution in [2.45, 2.75) is 33.7 Å². The van der Waals surface area contributed by atoms with E-state index in [0.717, 1.165) is 32.8 Å². The Balaban J connectivity index is 2.68. The smallest absolute Gasteiger partial charge is 0.0637 e. The van der Waals surface area contributed by atoms with Crippen molar-refractivity contribution in [3.8, 4) is 0 Å². The highest BCUT2D eigenvalue weighted by Crippen LogP contribution is 2.19. The summed E-state index contributed by atoms with van der Waals surface area (Å²) in [6.07, 6.45) is 1.18. The van der Waals surface area contributed by atoms with Crippen molar-refractivity contribution in [3.05, 3.63) is 29.3 Å². The Kier molecular flexibility index (Phi) is 7.53. The second kappa shape index (κ2) is 8.94. The fourth-order valence-corrected chi connectivity index (χ4v) is 2.15. The van der Waals surface area contributed by atoms with Gasteiger partial charge in [0.15, 0.2) is 0 Å². The molecule has 0 spiro atoms. The van der Waals surface area contributed by atoms with Crippen molar-refractivity contribution in [1.29, 1.82) is 0 Å². The van der Waals surface area contributed by atoms with Gasteiger partial charge in [0.2, 0.25) is 0 Å². The number of nitrogens with zero attached hydrogens (tertiary/aromatic N) is 1. The lowest BCUT2D eigenvalue weighted by atomic mass is 10.1. The molecule has 0 amide bonds. The minimum Gasteiger partial charge on any atom is -0.383 e. The molecule has 108 valence electrons. The molecule has 0 bridgehead atoms. The molecule has 0 aliphatic carbocycles. The number of hydrogen-bond acceptors (Lipinski definition) is 3. The van der Waals surface area contributed by atoms with Crippen LogP contribution in [0.25, 0.3) is 0 Å². The van der Waals surface area contributed by atoms with Gasteiger partial charge in [-0.25, -0.2) is 0 Å². The van der Waals surface area contributed by atoms with E-state index in [1.807, 2.05) is 0 Å². The Morgan fingerprint density at radius 3 is 2.63 bits per heavy atom. The second-order valence-corrected chi connectivity index (χ2v) is 4.86. The predicted molar refractivity (Wildman–Crippen MR) is 82.9 cm³/mol. The van der Waals surface area contributed by atoms with Crippen LogP contribution in [0.1, 0.15) is 31.4 Å². The Bertz CT molecular complexity index is 366. The molecular formula is C16H28N2O. The molecule has 0 heterocycles. The van der Waals surface area contributed by atoms with Crippen molar-refractivity contribution in [2.75, 3.05) is 38.3 Å². The van der Waals surface area contributed by atoms with Gasteiger partial charge >= 0.3 is 0 Å². The summed E-state index contributed by atoms with van der Waals surface area (Å²) >= 11 is 0. The van der Waals surface area contributed by atoms with E-state index < -0.39 is 0 Å². The molecule has 0 atom stereocenters. The van der Waals surface area contributed by atoms with Crippen LogP contribution >= 0.6 is 0 Å². The van der Waals surface area contributed by atoms with Gasteiger partial charge in [0.05, 0.1) is 6.61 Å². The number of rotatable bonds is 9. The van der Waals surface area contributed by atoms with Crippen LogP contribution in [-0.2, 0) is 11.3 Å². The number of methoxy groups -OCH3 is 1. The van der Waals surface area contributed by atoms with Crippen LogP contribution in [0.3, 0.4) is 0 Å². The van der Waals surface area contributed by atoms with Gasteiger partial charge in [-0.1, -0.05) is 13.0 Å². The van der Waals surface area contributed by atoms with Gasteiger partial charge in [0.25, 0.3) is 0 Å². The van der Waals surface area contributed by atoms with Crippen LogP contribution in [-0.4, -0.2) is 33.4 Å². The number of likely N-dealkylation sites (N-methyl/N-ethyl adjacent to an activating group) is 1. The summed E-state index contributed by atoms with van der Waals surface area (Å²) in [6, 6.07) is 6.74. The van der Waals surface area contributed by atoms with Gasteiger partial charge in [-0.05, 0) is 50.1 Å². The highest BCUT2D eigenvalue weighted by molar-refractivity contribution is 5.50. The summed E-state index contributed by atoms with van der Waals surface area (Å²) in [5.41, 5.74) is 4.04. The SMILES string of the molecule is CCCNCc1ccc(N(CC)CCOC)cc1C. The Hall–Kier alpha value is -1.06. The monoisotopic (exact) mass is 264 g/mol. The highest BCUT2D eigenvalue weighted by Gasteiger charge is 2.06. The van der Waals surface area contributed by atoms with E-state index in [4.69, 9.17) is 4.74 Å². The van der Waals surface area contributed by atoms with E-state index in [0.29, 0.717) is 0 Å². The third kappa shape index (κ3) is 5.21. The van der Waals surface area contributed by atoms with Crippen LogP contribution in [0.4, 0.5) is 5.69 Å². The number of nitrogens with one attached hydrogen (secondary N) is 1. The van der Waals surface area contributed by atoms with Crippen LogP contribution in [0.15, 0.2) is 18.2 Å². The first-order chi connectivity index (χ1) is 9.22. The van der Waals surface area contributed by atoms with E-state index in [-0.39, 0.29) is 0 Å². The number of benzene rings is 1. The summed E-state index contributed by atoms with van der Waals surface area (Å²) in [6.45, 7) is 11.3. The standard InChI is InChI=1S/C16H28N2O/c1-5-9-17-13-15-7-8-16(12-14(15)3)18(6-2)10-11-19-4/h7-8,12,17H,5-6,9-11,13H2,1-4H3. The average Bonchev–Trinajstić information content (AvgIpc) is 2.42. The van der Waals surface area contributed by atoms with E-state index in [2.05, 4.69) is 49.2 Å². The van der Waals surface area contributed by atoms with Crippen molar-refractivity contribution in [1.82, 2.24) is 5.32 Å². The lowest BCUT2D eigenvalue weighted by Crippen LogP contribution is -2.27. The summed E-state index contributed by atoms with van der Waals surface area (Å²) < 4.78 is 5.16. The van der Waals surface area contributed by atoms with Crippen LogP contribution in [0, 0.1) is 6.92 Å². The van der Waals surface area contributed by atoms with Crippen molar-refractivity contribution in [2.24, 2.45) is 0 Å².